The molecule has 0 saturated carbocycles. The normalized spacial score (nSPS) is 14.3. The van der Waals surface area contributed by atoms with E-state index in [-0.39, 0.29) is 29.0 Å². The standard InChI is InChI=1S/C21H21ClFN3O4/c1-30-18-5-2-13(22)10-16(18)21(29)26-8-6-12(7-9-26)20(28)25-14-3-4-17(23)15(11-14)19(24)27/h2-5,10-12H,6-9H2,1H3,(H2,24,27)(H,25,28). The fourth-order valence-corrected chi connectivity index (χ4v) is 3.57. The smallest absolute Gasteiger partial charge is 0.257 e. The van der Waals surface area contributed by atoms with Crippen molar-refractivity contribution in [1.82, 2.24) is 4.90 Å². The second-order valence-corrected chi connectivity index (χ2v) is 7.40. The molecular formula is C21H21ClFN3O4. The maximum Gasteiger partial charge on any atom is 0.257 e. The molecule has 0 unspecified atom stereocenters. The SMILES string of the molecule is COc1ccc(Cl)cc1C(=O)N1CCC(C(=O)Nc2ccc(F)c(C(N)=O)c2)CC1. The number of primary amides is 1. The maximum atomic E-state index is 13.6. The molecule has 158 valence electrons. The number of anilines is 1. The summed E-state index contributed by atoms with van der Waals surface area (Å²) < 4.78 is 18.8. The minimum atomic E-state index is -0.910. The molecule has 30 heavy (non-hydrogen) atoms. The lowest BCUT2D eigenvalue weighted by atomic mass is 9.95. The summed E-state index contributed by atoms with van der Waals surface area (Å²) in [5.74, 6) is -2.01. The van der Waals surface area contributed by atoms with E-state index in [9.17, 15) is 18.8 Å². The van der Waals surface area contributed by atoms with Gasteiger partial charge < -0.3 is 20.7 Å². The number of nitrogens with two attached hydrogens (primary N) is 1. The molecule has 0 aliphatic carbocycles. The third-order valence-electron chi connectivity index (χ3n) is 5.04. The highest BCUT2D eigenvalue weighted by atomic mass is 35.5. The molecule has 0 atom stereocenters. The lowest BCUT2D eigenvalue weighted by Gasteiger charge is -2.31. The Morgan fingerprint density at radius 1 is 1.13 bits per heavy atom. The molecule has 0 bridgehead atoms. The van der Waals surface area contributed by atoms with Gasteiger partial charge in [-0.25, -0.2) is 4.39 Å². The van der Waals surface area contributed by atoms with E-state index in [4.69, 9.17) is 22.1 Å². The van der Waals surface area contributed by atoms with Crippen molar-refractivity contribution in [1.29, 1.82) is 0 Å². The summed E-state index contributed by atoms with van der Waals surface area (Å²) >= 11 is 6.01. The number of nitrogens with zero attached hydrogens (tertiary/aromatic N) is 1. The van der Waals surface area contributed by atoms with Gasteiger partial charge in [0.2, 0.25) is 5.91 Å². The Bertz CT molecular complexity index is 990. The van der Waals surface area contributed by atoms with Crippen LogP contribution in [0.15, 0.2) is 36.4 Å². The Kier molecular flexibility index (Phi) is 6.56. The topological polar surface area (TPSA) is 102 Å². The van der Waals surface area contributed by atoms with Gasteiger partial charge in [0.25, 0.3) is 11.8 Å². The minimum absolute atomic E-state index is 0.210. The number of methoxy groups -OCH3 is 1. The highest BCUT2D eigenvalue weighted by Gasteiger charge is 2.29. The molecule has 1 aliphatic rings. The van der Waals surface area contributed by atoms with Crippen molar-refractivity contribution in [3.8, 4) is 5.75 Å². The zero-order valence-corrected chi connectivity index (χ0v) is 17.0. The number of hydrogen-bond acceptors (Lipinski definition) is 4. The van der Waals surface area contributed by atoms with Gasteiger partial charge in [-0.1, -0.05) is 11.6 Å². The molecule has 1 fully saturated rings. The predicted molar refractivity (Wildman–Crippen MR) is 110 cm³/mol. The molecule has 0 aromatic heterocycles. The maximum absolute atomic E-state index is 13.6. The average Bonchev–Trinajstić information content (AvgIpc) is 2.74. The molecule has 1 saturated heterocycles. The molecule has 3 N–H and O–H groups in total. The van der Waals surface area contributed by atoms with E-state index >= 15 is 0 Å². The van der Waals surface area contributed by atoms with Gasteiger partial charge in [0.15, 0.2) is 0 Å². The van der Waals surface area contributed by atoms with Crippen molar-refractivity contribution < 1.29 is 23.5 Å². The molecule has 9 heteroatoms. The van der Waals surface area contributed by atoms with E-state index in [0.717, 1.165) is 6.07 Å². The lowest BCUT2D eigenvalue weighted by molar-refractivity contribution is -0.121. The Morgan fingerprint density at radius 2 is 1.83 bits per heavy atom. The first-order valence-electron chi connectivity index (χ1n) is 9.33. The number of carbonyl (C=O) groups is 3. The highest BCUT2D eigenvalue weighted by molar-refractivity contribution is 6.31. The zero-order valence-electron chi connectivity index (χ0n) is 16.3. The number of piperidine rings is 1. The summed E-state index contributed by atoms with van der Waals surface area (Å²) in [6.45, 7) is 0.783. The Labute approximate surface area is 177 Å². The number of amides is 3. The van der Waals surface area contributed by atoms with Gasteiger partial charge in [0, 0.05) is 29.7 Å². The van der Waals surface area contributed by atoms with Gasteiger partial charge in [-0.15, -0.1) is 0 Å². The molecule has 7 nitrogen and oxygen atoms in total. The van der Waals surface area contributed by atoms with Crippen molar-refractivity contribution in [3.05, 3.63) is 58.4 Å². The van der Waals surface area contributed by atoms with Crippen LogP contribution < -0.4 is 15.8 Å². The molecule has 3 amide bonds. The third-order valence-corrected chi connectivity index (χ3v) is 5.28. The van der Waals surface area contributed by atoms with Gasteiger partial charge in [-0.2, -0.15) is 0 Å². The van der Waals surface area contributed by atoms with Crippen LogP contribution in [0, 0.1) is 11.7 Å². The number of benzene rings is 2. The van der Waals surface area contributed by atoms with Crippen LogP contribution in [0.1, 0.15) is 33.6 Å². The van der Waals surface area contributed by atoms with Crippen LogP contribution in [0.4, 0.5) is 10.1 Å². The zero-order chi connectivity index (χ0) is 21.8. The summed E-state index contributed by atoms with van der Waals surface area (Å²) in [6, 6.07) is 8.50. The Hall–Kier alpha value is -3.13. The number of nitrogens with one attached hydrogen (secondary N) is 1. The van der Waals surface area contributed by atoms with E-state index in [0.29, 0.717) is 42.3 Å². The van der Waals surface area contributed by atoms with E-state index < -0.39 is 11.7 Å². The largest absolute Gasteiger partial charge is 0.496 e. The third kappa shape index (κ3) is 4.71. The van der Waals surface area contributed by atoms with E-state index in [1.807, 2.05) is 0 Å². The number of hydrogen-bond donors (Lipinski definition) is 2. The van der Waals surface area contributed by atoms with Crippen molar-refractivity contribution in [2.24, 2.45) is 11.7 Å². The van der Waals surface area contributed by atoms with Crippen LogP contribution in [0.2, 0.25) is 5.02 Å². The van der Waals surface area contributed by atoms with Crippen molar-refractivity contribution >= 4 is 35.0 Å². The van der Waals surface area contributed by atoms with Crippen LogP contribution in [-0.2, 0) is 4.79 Å². The number of likely N-dealkylation sites (tertiary alicyclic amines) is 1. The summed E-state index contributed by atoms with van der Waals surface area (Å²) in [6.07, 6.45) is 0.925. The van der Waals surface area contributed by atoms with Crippen LogP contribution in [0.3, 0.4) is 0 Å². The second kappa shape index (κ2) is 9.13. The van der Waals surface area contributed by atoms with Gasteiger partial charge in [0.1, 0.15) is 11.6 Å². The molecule has 2 aromatic rings. The van der Waals surface area contributed by atoms with Gasteiger partial charge in [0.05, 0.1) is 18.2 Å². The molecule has 3 rings (SSSR count). The van der Waals surface area contributed by atoms with Crippen molar-refractivity contribution in [3.63, 3.8) is 0 Å². The predicted octanol–water partition coefficient (Wildman–Crippen LogP) is 3.08. The molecule has 0 spiro atoms. The monoisotopic (exact) mass is 433 g/mol. The Balaban J connectivity index is 1.62. The quantitative estimate of drug-likeness (QED) is 0.756. The summed E-state index contributed by atoms with van der Waals surface area (Å²) in [7, 11) is 1.48. The van der Waals surface area contributed by atoms with Crippen LogP contribution in [0.25, 0.3) is 0 Å². The van der Waals surface area contributed by atoms with Crippen LogP contribution in [-0.4, -0.2) is 42.8 Å². The fraction of sp³-hybridized carbons (Fsp3) is 0.286. The first-order valence-corrected chi connectivity index (χ1v) is 9.71. The Morgan fingerprint density at radius 3 is 2.47 bits per heavy atom. The molecular weight excluding hydrogens is 413 g/mol. The van der Waals surface area contributed by atoms with E-state index in [1.165, 1.54) is 19.2 Å². The van der Waals surface area contributed by atoms with E-state index in [1.54, 1.807) is 23.1 Å². The summed E-state index contributed by atoms with van der Waals surface area (Å²) in [5.41, 5.74) is 5.51. The number of carbonyl (C=O) groups excluding carboxylic acids is 3. The summed E-state index contributed by atoms with van der Waals surface area (Å²) in [5, 5.41) is 3.11. The van der Waals surface area contributed by atoms with Crippen LogP contribution in [0.5, 0.6) is 5.75 Å². The first-order chi connectivity index (χ1) is 14.3. The van der Waals surface area contributed by atoms with E-state index in [2.05, 4.69) is 5.32 Å². The molecule has 0 radical (unpaired) electrons. The van der Waals surface area contributed by atoms with Crippen molar-refractivity contribution in [2.75, 3.05) is 25.5 Å². The van der Waals surface area contributed by atoms with Gasteiger partial charge >= 0.3 is 0 Å². The van der Waals surface area contributed by atoms with Gasteiger partial charge in [-0.3, -0.25) is 14.4 Å². The minimum Gasteiger partial charge on any atom is -0.496 e. The molecule has 1 aliphatic heterocycles. The summed E-state index contributed by atoms with van der Waals surface area (Å²) in [4.78, 5) is 38.3. The number of halogens is 2. The second-order valence-electron chi connectivity index (χ2n) is 6.96. The lowest BCUT2D eigenvalue weighted by Crippen LogP contribution is -2.41. The van der Waals surface area contributed by atoms with Crippen molar-refractivity contribution in [2.45, 2.75) is 12.8 Å². The fourth-order valence-electron chi connectivity index (χ4n) is 3.40. The molecule has 1 heterocycles. The van der Waals surface area contributed by atoms with Crippen LogP contribution >= 0.6 is 11.6 Å². The number of rotatable bonds is 5. The highest BCUT2D eigenvalue weighted by Crippen LogP contribution is 2.27. The molecule has 2 aromatic carbocycles. The first kappa shape index (κ1) is 21.6. The number of ether oxygens (including phenoxy) is 1. The average molecular weight is 434 g/mol. The van der Waals surface area contributed by atoms with Gasteiger partial charge in [-0.05, 0) is 49.2 Å².